The third kappa shape index (κ3) is 2.47. The maximum absolute atomic E-state index is 13.8. The number of aromatic amines is 1. The average molecular weight is 310 g/mol. The third-order valence-corrected chi connectivity index (χ3v) is 3.57. The molecule has 0 saturated heterocycles. The lowest BCUT2D eigenvalue weighted by Gasteiger charge is -2.06. The third-order valence-electron chi connectivity index (χ3n) is 3.07. The molecule has 0 bridgehead atoms. The molecule has 18 heavy (non-hydrogen) atoms. The number of hydrogen-bond acceptors (Lipinski definition) is 2. The van der Waals surface area contributed by atoms with E-state index in [-0.39, 0.29) is 5.82 Å². The van der Waals surface area contributed by atoms with Crippen LogP contribution in [0.25, 0.3) is 11.3 Å². The first-order valence-electron chi connectivity index (χ1n) is 5.95. The van der Waals surface area contributed by atoms with E-state index in [1.807, 2.05) is 0 Å². The molecule has 2 N–H and O–H groups in total. The van der Waals surface area contributed by atoms with Crippen LogP contribution in [0.3, 0.4) is 0 Å². The Balaban J connectivity index is 1.90. The molecule has 1 heterocycles. The van der Waals surface area contributed by atoms with Gasteiger partial charge in [0.15, 0.2) is 0 Å². The molecule has 1 aliphatic carbocycles. The van der Waals surface area contributed by atoms with E-state index in [0.29, 0.717) is 11.6 Å². The number of aromatic nitrogens is 2. The number of hydrogen-bond donors (Lipinski definition) is 2. The Morgan fingerprint density at radius 3 is 3.06 bits per heavy atom. The van der Waals surface area contributed by atoms with Gasteiger partial charge in [-0.15, -0.1) is 0 Å². The van der Waals surface area contributed by atoms with Gasteiger partial charge in [0, 0.05) is 28.2 Å². The number of benzene rings is 1. The van der Waals surface area contributed by atoms with Crippen LogP contribution in [-0.2, 0) is 6.54 Å². The van der Waals surface area contributed by atoms with E-state index in [1.165, 1.54) is 18.9 Å². The van der Waals surface area contributed by atoms with Gasteiger partial charge in [0.05, 0.1) is 11.9 Å². The van der Waals surface area contributed by atoms with Gasteiger partial charge in [0.1, 0.15) is 5.82 Å². The van der Waals surface area contributed by atoms with Crippen molar-refractivity contribution in [3.63, 3.8) is 0 Å². The molecule has 2 aromatic rings. The monoisotopic (exact) mass is 309 g/mol. The van der Waals surface area contributed by atoms with Crippen LogP contribution in [0.5, 0.6) is 0 Å². The Morgan fingerprint density at radius 1 is 1.44 bits per heavy atom. The first-order valence-corrected chi connectivity index (χ1v) is 6.74. The van der Waals surface area contributed by atoms with Crippen LogP contribution in [0.4, 0.5) is 4.39 Å². The summed E-state index contributed by atoms with van der Waals surface area (Å²) in [6.45, 7) is 0.725. The van der Waals surface area contributed by atoms with Gasteiger partial charge >= 0.3 is 0 Å². The molecule has 0 amide bonds. The quantitative estimate of drug-likeness (QED) is 0.910. The zero-order valence-corrected chi connectivity index (χ0v) is 11.3. The van der Waals surface area contributed by atoms with Crippen LogP contribution < -0.4 is 5.32 Å². The van der Waals surface area contributed by atoms with E-state index >= 15 is 0 Å². The predicted molar refractivity (Wildman–Crippen MR) is 71.5 cm³/mol. The van der Waals surface area contributed by atoms with Gasteiger partial charge in [0.2, 0.25) is 0 Å². The minimum Gasteiger partial charge on any atom is -0.310 e. The Bertz CT molecular complexity index is 563. The summed E-state index contributed by atoms with van der Waals surface area (Å²) in [6, 6.07) is 5.54. The Labute approximate surface area is 113 Å². The van der Waals surface area contributed by atoms with Crippen LogP contribution in [0.2, 0.25) is 0 Å². The molecule has 0 aliphatic heterocycles. The summed E-state index contributed by atoms with van der Waals surface area (Å²) in [5.41, 5.74) is 2.30. The minimum atomic E-state index is -0.241. The molecular weight excluding hydrogens is 297 g/mol. The summed E-state index contributed by atoms with van der Waals surface area (Å²) in [5, 5.41) is 10.3. The molecule has 1 fully saturated rings. The molecule has 1 aromatic carbocycles. The number of H-pyrrole nitrogens is 1. The molecular formula is C13H13BrFN3. The Morgan fingerprint density at radius 2 is 2.28 bits per heavy atom. The van der Waals surface area contributed by atoms with E-state index in [2.05, 4.69) is 31.4 Å². The molecule has 1 saturated carbocycles. The van der Waals surface area contributed by atoms with Crippen molar-refractivity contribution < 1.29 is 4.39 Å². The van der Waals surface area contributed by atoms with Crippen LogP contribution >= 0.6 is 15.9 Å². The largest absolute Gasteiger partial charge is 0.310 e. The highest BCUT2D eigenvalue weighted by Gasteiger charge is 2.21. The summed E-state index contributed by atoms with van der Waals surface area (Å²) in [7, 11) is 0. The maximum Gasteiger partial charge on any atom is 0.132 e. The second-order valence-electron chi connectivity index (χ2n) is 4.55. The molecule has 3 nitrogen and oxygen atoms in total. The van der Waals surface area contributed by atoms with Crippen molar-refractivity contribution in [1.29, 1.82) is 0 Å². The first kappa shape index (κ1) is 11.9. The lowest BCUT2D eigenvalue weighted by molar-refractivity contribution is 0.629. The van der Waals surface area contributed by atoms with E-state index in [9.17, 15) is 4.39 Å². The van der Waals surface area contributed by atoms with Crippen molar-refractivity contribution in [3.8, 4) is 11.3 Å². The van der Waals surface area contributed by atoms with Gasteiger partial charge in [-0.1, -0.05) is 15.9 Å². The van der Waals surface area contributed by atoms with Crippen molar-refractivity contribution in [2.24, 2.45) is 0 Å². The van der Waals surface area contributed by atoms with Gasteiger partial charge in [0.25, 0.3) is 0 Å². The molecule has 0 spiro atoms. The molecule has 5 heteroatoms. The SMILES string of the molecule is Fc1ccc(Br)cc1-c1[nH]ncc1CNC1CC1. The molecule has 1 aromatic heterocycles. The number of halogens is 2. The highest BCUT2D eigenvalue weighted by molar-refractivity contribution is 9.10. The van der Waals surface area contributed by atoms with E-state index in [1.54, 1.807) is 18.3 Å². The molecule has 0 unspecified atom stereocenters. The zero-order chi connectivity index (χ0) is 12.5. The van der Waals surface area contributed by atoms with Gasteiger partial charge < -0.3 is 5.32 Å². The van der Waals surface area contributed by atoms with E-state index in [4.69, 9.17) is 0 Å². The molecule has 0 atom stereocenters. The fourth-order valence-electron chi connectivity index (χ4n) is 1.91. The second-order valence-corrected chi connectivity index (χ2v) is 5.47. The first-order chi connectivity index (χ1) is 8.74. The lowest BCUT2D eigenvalue weighted by atomic mass is 10.1. The second kappa shape index (κ2) is 4.82. The summed E-state index contributed by atoms with van der Waals surface area (Å²) in [5.74, 6) is -0.241. The van der Waals surface area contributed by atoms with E-state index in [0.717, 1.165) is 22.3 Å². The maximum atomic E-state index is 13.8. The normalized spacial score (nSPS) is 15.0. The van der Waals surface area contributed by atoms with Gasteiger partial charge in [-0.05, 0) is 31.0 Å². The van der Waals surface area contributed by atoms with Crippen molar-refractivity contribution >= 4 is 15.9 Å². The fraction of sp³-hybridized carbons (Fsp3) is 0.308. The molecule has 0 radical (unpaired) electrons. The van der Waals surface area contributed by atoms with Crippen molar-refractivity contribution in [2.45, 2.75) is 25.4 Å². The van der Waals surface area contributed by atoms with Gasteiger partial charge in [-0.25, -0.2) is 4.39 Å². The summed E-state index contributed by atoms with van der Waals surface area (Å²) < 4.78 is 14.7. The standard InChI is InChI=1S/C13H13BrFN3/c14-9-1-4-12(15)11(5-9)13-8(7-17-18-13)6-16-10-2-3-10/h1,4-5,7,10,16H,2-3,6H2,(H,17,18). The van der Waals surface area contributed by atoms with Crippen LogP contribution in [0.1, 0.15) is 18.4 Å². The zero-order valence-electron chi connectivity index (χ0n) is 9.71. The summed E-state index contributed by atoms with van der Waals surface area (Å²) in [4.78, 5) is 0. The van der Waals surface area contributed by atoms with Crippen molar-refractivity contribution in [3.05, 3.63) is 40.2 Å². The molecule has 1 aliphatic rings. The minimum absolute atomic E-state index is 0.241. The van der Waals surface area contributed by atoms with Gasteiger partial charge in [-0.2, -0.15) is 5.10 Å². The molecule has 3 rings (SSSR count). The van der Waals surface area contributed by atoms with Gasteiger partial charge in [-0.3, -0.25) is 5.10 Å². The van der Waals surface area contributed by atoms with Crippen molar-refractivity contribution in [2.75, 3.05) is 0 Å². The number of nitrogens with one attached hydrogen (secondary N) is 2. The van der Waals surface area contributed by atoms with Crippen LogP contribution in [-0.4, -0.2) is 16.2 Å². The predicted octanol–water partition coefficient (Wildman–Crippen LogP) is 3.23. The summed E-state index contributed by atoms with van der Waals surface area (Å²) in [6.07, 6.45) is 4.22. The number of rotatable bonds is 4. The Hall–Kier alpha value is -1.20. The lowest BCUT2D eigenvalue weighted by Crippen LogP contribution is -2.15. The Kier molecular flexibility index (Phi) is 3.18. The van der Waals surface area contributed by atoms with Crippen molar-refractivity contribution in [1.82, 2.24) is 15.5 Å². The van der Waals surface area contributed by atoms with Crippen LogP contribution in [0.15, 0.2) is 28.9 Å². The average Bonchev–Trinajstić information content (AvgIpc) is 3.08. The number of nitrogens with zero attached hydrogens (tertiary/aromatic N) is 1. The smallest absolute Gasteiger partial charge is 0.132 e. The molecule has 94 valence electrons. The highest BCUT2D eigenvalue weighted by Crippen LogP contribution is 2.28. The van der Waals surface area contributed by atoms with Crippen LogP contribution in [0, 0.1) is 5.82 Å². The summed E-state index contributed by atoms with van der Waals surface area (Å²) >= 11 is 3.36. The highest BCUT2D eigenvalue weighted by atomic mass is 79.9. The topological polar surface area (TPSA) is 40.7 Å². The fourth-order valence-corrected chi connectivity index (χ4v) is 2.27. The van der Waals surface area contributed by atoms with E-state index < -0.39 is 0 Å².